The van der Waals surface area contributed by atoms with Crippen molar-refractivity contribution in [3.8, 4) is 0 Å². The fourth-order valence-electron chi connectivity index (χ4n) is 5.34. The number of likely N-dealkylation sites (tertiary alicyclic amines) is 1. The van der Waals surface area contributed by atoms with Crippen LogP contribution in [0.1, 0.15) is 55.7 Å². The molecule has 2 aliphatic heterocycles. The number of rotatable bonds is 9. The van der Waals surface area contributed by atoms with Gasteiger partial charge in [0.15, 0.2) is 0 Å². The number of nitrogens with one attached hydrogen (secondary N) is 1. The lowest BCUT2D eigenvalue weighted by Crippen LogP contribution is -2.38. The number of esters is 1. The van der Waals surface area contributed by atoms with Gasteiger partial charge in [-0.3, -0.25) is 9.59 Å². The predicted octanol–water partition coefficient (Wildman–Crippen LogP) is 7.67. The second-order valence-corrected chi connectivity index (χ2v) is 11.8. The third-order valence-corrected chi connectivity index (χ3v) is 8.56. The van der Waals surface area contributed by atoms with Crippen molar-refractivity contribution >= 4 is 35.4 Å². The number of alkyl halides is 6. The zero-order valence-corrected chi connectivity index (χ0v) is 24.9. The number of halogens is 6. The first-order chi connectivity index (χ1) is 20.8. The van der Waals surface area contributed by atoms with Crippen LogP contribution in [0, 0.1) is 5.92 Å². The van der Waals surface area contributed by atoms with Gasteiger partial charge in [-0.15, -0.1) is 0 Å². The van der Waals surface area contributed by atoms with E-state index in [-0.39, 0.29) is 44.0 Å². The van der Waals surface area contributed by atoms with Crippen molar-refractivity contribution in [1.82, 2.24) is 4.90 Å². The molecule has 0 aliphatic carbocycles. The number of amides is 1. The van der Waals surface area contributed by atoms with Crippen molar-refractivity contribution in [2.75, 3.05) is 38.2 Å². The Hall–Kier alpha value is -3.19. The van der Waals surface area contributed by atoms with Crippen molar-refractivity contribution in [2.45, 2.75) is 67.2 Å². The minimum Gasteiger partial charge on any atom is -0.466 e. The van der Waals surface area contributed by atoms with Crippen molar-refractivity contribution in [3.63, 3.8) is 0 Å². The highest BCUT2D eigenvalue weighted by atomic mass is 32.2. The van der Waals surface area contributed by atoms with Crippen LogP contribution in [0.3, 0.4) is 0 Å². The molecule has 6 nitrogen and oxygen atoms in total. The second kappa shape index (κ2) is 14.7. The average molecular weight is 645 g/mol. The molecule has 240 valence electrons. The predicted molar refractivity (Wildman–Crippen MR) is 154 cm³/mol. The highest BCUT2D eigenvalue weighted by Crippen LogP contribution is 2.48. The van der Waals surface area contributed by atoms with Gasteiger partial charge < -0.3 is 19.7 Å². The Balaban J connectivity index is 1.54. The molecule has 0 atom stereocenters. The molecule has 44 heavy (non-hydrogen) atoms. The molecule has 13 heteroatoms. The van der Waals surface area contributed by atoms with E-state index in [1.165, 1.54) is 11.0 Å². The molecule has 1 amide bonds. The van der Waals surface area contributed by atoms with E-state index < -0.39 is 39.8 Å². The number of anilines is 1. The molecular formula is C31H34F6N2O4S. The normalized spacial score (nSPS) is 17.2. The number of piperidine rings is 1. The van der Waals surface area contributed by atoms with E-state index in [0.717, 1.165) is 37.1 Å². The lowest BCUT2D eigenvalue weighted by molar-refractivity contribution is -0.163. The van der Waals surface area contributed by atoms with E-state index in [9.17, 15) is 35.9 Å². The summed E-state index contributed by atoms with van der Waals surface area (Å²) in [6.07, 6.45) is -6.27. The number of carbonyl (C=O) groups excluding carboxylic acids is 2. The molecule has 0 bridgehead atoms. The van der Waals surface area contributed by atoms with Crippen LogP contribution in [0.5, 0.6) is 0 Å². The lowest BCUT2D eigenvalue weighted by Gasteiger charge is -2.30. The Morgan fingerprint density at radius 1 is 1.00 bits per heavy atom. The van der Waals surface area contributed by atoms with E-state index in [2.05, 4.69) is 5.32 Å². The smallest absolute Gasteiger partial charge is 0.418 e. The van der Waals surface area contributed by atoms with Crippen LogP contribution in [0.2, 0.25) is 0 Å². The van der Waals surface area contributed by atoms with Gasteiger partial charge in [0.05, 0.1) is 17.7 Å². The quantitative estimate of drug-likeness (QED) is 0.172. The van der Waals surface area contributed by atoms with Crippen molar-refractivity contribution in [3.05, 3.63) is 59.2 Å². The molecular weight excluding hydrogens is 610 g/mol. The maximum Gasteiger partial charge on any atom is 0.418 e. The number of hydrogen-bond donors (Lipinski definition) is 1. The Kier molecular flexibility index (Phi) is 11.3. The highest BCUT2D eigenvalue weighted by Gasteiger charge is 2.46. The molecule has 2 fully saturated rings. The maximum atomic E-state index is 14.3. The first-order valence-electron chi connectivity index (χ1n) is 14.4. The van der Waals surface area contributed by atoms with Crippen LogP contribution >= 0.6 is 11.8 Å². The van der Waals surface area contributed by atoms with E-state index in [0.29, 0.717) is 48.4 Å². The molecule has 4 rings (SSSR count). The maximum absolute atomic E-state index is 14.3. The van der Waals surface area contributed by atoms with Crippen LogP contribution < -0.4 is 5.32 Å². The summed E-state index contributed by atoms with van der Waals surface area (Å²) in [4.78, 5) is 25.6. The third kappa shape index (κ3) is 9.16. The van der Waals surface area contributed by atoms with Crippen molar-refractivity contribution < 1.29 is 45.4 Å². The minimum absolute atomic E-state index is 0.0108. The highest BCUT2D eigenvalue weighted by molar-refractivity contribution is 7.99. The fraction of sp³-hybridized carbons (Fsp3) is 0.484. The molecule has 0 radical (unpaired) electrons. The van der Waals surface area contributed by atoms with Gasteiger partial charge in [-0.25, -0.2) is 0 Å². The van der Waals surface area contributed by atoms with Gasteiger partial charge >= 0.3 is 18.3 Å². The molecule has 2 saturated heterocycles. The van der Waals surface area contributed by atoms with Gasteiger partial charge in [-0.2, -0.15) is 26.3 Å². The molecule has 1 N–H and O–H groups in total. The number of carbonyl (C=O) groups is 2. The standard InChI is InChI=1S/C31H34F6N2O4S/c1-2-43-27(41)18-20-10-14-39(15-11-20)26(40)9-7-21-6-8-25(29(31(35,36)37)28(21)30(32,33)34)44-24-5-3-4-23(19-24)38-22-12-16-42-17-13-22/h3-9,19-20,22,38H,2,10-18H2,1H3. The Morgan fingerprint density at radius 2 is 1.68 bits per heavy atom. The molecule has 2 aliphatic rings. The van der Waals surface area contributed by atoms with Crippen LogP contribution in [0.25, 0.3) is 6.08 Å². The molecule has 2 aromatic rings. The third-order valence-electron chi connectivity index (χ3n) is 7.51. The molecule has 0 spiro atoms. The van der Waals surface area contributed by atoms with Crippen LogP contribution in [0.15, 0.2) is 52.3 Å². The van der Waals surface area contributed by atoms with Gasteiger partial charge in [0.2, 0.25) is 5.91 Å². The summed E-state index contributed by atoms with van der Waals surface area (Å²) in [6.45, 7) is 3.67. The molecule has 0 unspecified atom stereocenters. The van der Waals surface area contributed by atoms with Gasteiger partial charge in [0.1, 0.15) is 0 Å². The van der Waals surface area contributed by atoms with Crippen molar-refractivity contribution in [2.24, 2.45) is 5.92 Å². The van der Waals surface area contributed by atoms with Crippen LogP contribution in [-0.2, 0) is 31.4 Å². The largest absolute Gasteiger partial charge is 0.466 e. The second-order valence-electron chi connectivity index (χ2n) is 10.7. The summed E-state index contributed by atoms with van der Waals surface area (Å²) in [6, 6.07) is 8.61. The summed E-state index contributed by atoms with van der Waals surface area (Å²) in [5.74, 6) is -0.941. The zero-order valence-electron chi connectivity index (χ0n) is 24.1. The Morgan fingerprint density at radius 3 is 2.32 bits per heavy atom. The van der Waals surface area contributed by atoms with E-state index in [1.807, 2.05) is 0 Å². The SMILES string of the molecule is CCOC(=O)CC1CCN(C(=O)C=Cc2ccc(Sc3cccc(NC4CCOCC4)c3)c(C(F)(F)F)c2C(F)(F)F)CC1. The first-order valence-corrected chi connectivity index (χ1v) is 15.2. The van der Waals surface area contributed by atoms with E-state index in [4.69, 9.17) is 9.47 Å². The summed E-state index contributed by atoms with van der Waals surface area (Å²) in [7, 11) is 0. The number of benzene rings is 2. The molecule has 0 saturated carbocycles. The van der Waals surface area contributed by atoms with Gasteiger partial charge in [0.25, 0.3) is 0 Å². The average Bonchev–Trinajstić information content (AvgIpc) is 2.96. The Labute approximate surface area is 256 Å². The summed E-state index contributed by atoms with van der Waals surface area (Å²) >= 11 is 0.594. The van der Waals surface area contributed by atoms with Crippen LogP contribution in [-0.4, -0.2) is 55.7 Å². The topological polar surface area (TPSA) is 67.9 Å². The van der Waals surface area contributed by atoms with Crippen LogP contribution in [0.4, 0.5) is 32.0 Å². The lowest BCUT2D eigenvalue weighted by atomic mass is 9.93. The monoisotopic (exact) mass is 644 g/mol. The minimum atomic E-state index is -5.35. The molecule has 2 aromatic carbocycles. The van der Waals surface area contributed by atoms with Gasteiger partial charge in [0, 0.05) is 60.3 Å². The van der Waals surface area contributed by atoms with Crippen molar-refractivity contribution in [1.29, 1.82) is 0 Å². The fourth-order valence-corrected chi connectivity index (χ4v) is 6.39. The number of hydrogen-bond acceptors (Lipinski definition) is 6. The summed E-state index contributed by atoms with van der Waals surface area (Å²) in [5.41, 5.74) is -3.75. The zero-order chi connectivity index (χ0) is 31.9. The van der Waals surface area contributed by atoms with Gasteiger partial charge in [-0.05, 0) is 74.4 Å². The summed E-state index contributed by atoms with van der Waals surface area (Å²) < 4.78 is 96.0. The Bertz CT molecular complexity index is 1330. The van der Waals surface area contributed by atoms with Gasteiger partial charge in [-0.1, -0.05) is 23.9 Å². The first kappa shape index (κ1) is 33.7. The molecule has 2 heterocycles. The van der Waals surface area contributed by atoms with E-state index >= 15 is 0 Å². The molecule has 0 aromatic heterocycles. The number of nitrogens with zero attached hydrogens (tertiary/aromatic N) is 1. The number of ether oxygens (including phenoxy) is 2. The van der Waals surface area contributed by atoms with E-state index in [1.54, 1.807) is 25.1 Å². The summed E-state index contributed by atoms with van der Waals surface area (Å²) in [5, 5.41) is 3.31.